The molecule has 6 nitrogen and oxygen atoms in total. The van der Waals surface area contributed by atoms with E-state index in [2.05, 4.69) is 22.0 Å². The molecule has 38 heavy (non-hydrogen) atoms. The molecule has 2 aromatic carbocycles. The van der Waals surface area contributed by atoms with Crippen molar-refractivity contribution in [1.29, 1.82) is 0 Å². The highest BCUT2D eigenvalue weighted by Gasteiger charge is 2.37. The molecule has 9 heteroatoms. The number of aromatic nitrogens is 1. The van der Waals surface area contributed by atoms with Crippen LogP contribution in [-0.4, -0.2) is 60.6 Å². The molecular weight excluding hydrogens is 527 g/mol. The number of alkyl halides is 1. The van der Waals surface area contributed by atoms with Crippen LogP contribution in [0.4, 0.5) is 4.39 Å². The number of ether oxygens (including phenoxy) is 2. The van der Waals surface area contributed by atoms with Gasteiger partial charge in [-0.05, 0) is 86.7 Å². The number of halogens is 2. The van der Waals surface area contributed by atoms with Crippen LogP contribution in [0.3, 0.4) is 0 Å². The Labute approximate surface area is 232 Å². The molecule has 1 N–H and O–H groups in total. The van der Waals surface area contributed by atoms with Crippen LogP contribution < -0.4 is 9.47 Å². The number of carbonyl (C=O) groups is 1. The minimum atomic E-state index is -1.33. The number of carboxylic acid groups (broad SMARTS) is 1. The van der Waals surface area contributed by atoms with Crippen LogP contribution in [0.5, 0.6) is 11.5 Å². The Morgan fingerprint density at radius 2 is 1.84 bits per heavy atom. The van der Waals surface area contributed by atoms with Crippen LogP contribution in [0.2, 0.25) is 5.02 Å². The van der Waals surface area contributed by atoms with E-state index in [0.29, 0.717) is 28.6 Å². The Morgan fingerprint density at radius 3 is 2.50 bits per heavy atom. The van der Waals surface area contributed by atoms with E-state index in [4.69, 9.17) is 21.1 Å². The van der Waals surface area contributed by atoms with Crippen molar-refractivity contribution in [2.24, 2.45) is 5.41 Å². The van der Waals surface area contributed by atoms with Gasteiger partial charge in [-0.2, -0.15) is 0 Å². The minimum absolute atomic E-state index is 0.0484. The van der Waals surface area contributed by atoms with E-state index in [-0.39, 0.29) is 17.9 Å². The van der Waals surface area contributed by atoms with Crippen molar-refractivity contribution in [2.75, 3.05) is 39.6 Å². The lowest BCUT2D eigenvalue weighted by atomic mass is 9.71. The maximum Gasteiger partial charge on any atom is 0.303 e. The molecular formula is C29H34ClFN2O4S. The van der Waals surface area contributed by atoms with Crippen molar-refractivity contribution >= 4 is 40.2 Å². The number of carboxylic acids is 1. The summed E-state index contributed by atoms with van der Waals surface area (Å²) in [7, 11) is 3.22. The summed E-state index contributed by atoms with van der Waals surface area (Å²) in [4.78, 5) is 19.7. The summed E-state index contributed by atoms with van der Waals surface area (Å²) in [5.41, 5.74) is 0.617. The standard InChI is InChI=1S/C29H34ClFN2O4S/c1-36-20-3-6-22(7-4-20)38-16-15-33-13-11-29(12-14-33,18-27(34)35)10-9-25(31)28-23-17-21(37-2)5-8-26(23)32-19-24(28)30/h3-8,17,19,25H,9-16,18H2,1-2H3,(H,34,35)/t25-/m1/s1. The fraction of sp³-hybridized carbons (Fsp3) is 0.448. The van der Waals surface area contributed by atoms with Crippen molar-refractivity contribution < 1.29 is 23.8 Å². The average molecular weight is 561 g/mol. The summed E-state index contributed by atoms with van der Waals surface area (Å²) in [6.45, 7) is 2.54. The zero-order chi connectivity index (χ0) is 27.1. The van der Waals surface area contributed by atoms with Gasteiger partial charge in [-0.25, -0.2) is 4.39 Å². The molecule has 1 aliphatic heterocycles. The van der Waals surface area contributed by atoms with Gasteiger partial charge in [0.2, 0.25) is 0 Å². The molecule has 0 bridgehead atoms. The highest BCUT2D eigenvalue weighted by atomic mass is 35.5. The maximum atomic E-state index is 15.8. The number of benzene rings is 2. The van der Waals surface area contributed by atoms with Gasteiger partial charge in [0.1, 0.15) is 17.7 Å². The number of nitrogens with zero attached hydrogens (tertiary/aromatic N) is 2. The maximum absolute atomic E-state index is 15.8. The number of rotatable bonds is 12. The summed E-state index contributed by atoms with van der Waals surface area (Å²) in [5, 5.41) is 10.6. The van der Waals surface area contributed by atoms with E-state index in [9.17, 15) is 9.90 Å². The third-order valence-electron chi connectivity index (χ3n) is 7.49. The van der Waals surface area contributed by atoms with Gasteiger partial charge in [0.05, 0.1) is 31.2 Å². The summed E-state index contributed by atoms with van der Waals surface area (Å²) >= 11 is 8.20. The first-order chi connectivity index (χ1) is 18.3. The summed E-state index contributed by atoms with van der Waals surface area (Å²) in [6.07, 6.45) is 2.36. The molecule has 3 aromatic rings. The van der Waals surface area contributed by atoms with Gasteiger partial charge >= 0.3 is 5.97 Å². The quantitative estimate of drug-likeness (QED) is 0.238. The number of pyridine rings is 1. The number of piperidine rings is 1. The molecule has 204 valence electrons. The molecule has 0 radical (unpaired) electrons. The van der Waals surface area contributed by atoms with Crippen LogP contribution in [0.15, 0.2) is 53.6 Å². The lowest BCUT2D eigenvalue weighted by Crippen LogP contribution is -2.42. The van der Waals surface area contributed by atoms with E-state index in [0.717, 1.165) is 44.0 Å². The van der Waals surface area contributed by atoms with E-state index < -0.39 is 17.6 Å². The third kappa shape index (κ3) is 7.10. The van der Waals surface area contributed by atoms with Crippen LogP contribution in [0, 0.1) is 5.41 Å². The average Bonchev–Trinajstić information content (AvgIpc) is 2.92. The first-order valence-corrected chi connectivity index (χ1v) is 14.2. The van der Waals surface area contributed by atoms with Crippen molar-refractivity contribution in [2.45, 2.75) is 43.2 Å². The Balaban J connectivity index is 1.36. The normalized spacial score (nSPS) is 16.3. The molecule has 0 aliphatic carbocycles. The second-order valence-corrected chi connectivity index (χ2v) is 11.4. The molecule has 0 spiro atoms. The number of hydrogen-bond donors (Lipinski definition) is 1. The molecule has 1 aliphatic rings. The molecule has 0 amide bonds. The van der Waals surface area contributed by atoms with Crippen LogP contribution in [0.1, 0.15) is 43.8 Å². The van der Waals surface area contributed by atoms with Gasteiger partial charge in [0.15, 0.2) is 0 Å². The lowest BCUT2D eigenvalue weighted by Gasteiger charge is -2.41. The summed E-state index contributed by atoms with van der Waals surface area (Å²) in [6, 6.07) is 13.4. The highest BCUT2D eigenvalue weighted by Crippen LogP contribution is 2.44. The molecule has 4 rings (SSSR count). The molecule has 0 saturated carbocycles. The van der Waals surface area contributed by atoms with Gasteiger partial charge in [-0.3, -0.25) is 9.78 Å². The Bertz CT molecular complexity index is 1240. The van der Waals surface area contributed by atoms with E-state index >= 15 is 4.39 Å². The predicted molar refractivity (Wildman–Crippen MR) is 150 cm³/mol. The molecule has 0 unspecified atom stereocenters. The molecule has 1 fully saturated rings. The smallest absolute Gasteiger partial charge is 0.303 e. The Kier molecular flexibility index (Phi) is 9.74. The van der Waals surface area contributed by atoms with Gasteiger partial charge in [0, 0.05) is 34.3 Å². The summed E-state index contributed by atoms with van der Waals surface area (Å²) in [5.74, 6) is 1.56. The van der Waals surface area contributed by atoms with Crippen molar-refractivity contribution in [3.05, 3.63) is 59.2 Å². The van der Waals surface area contributed by atoms with Gasteiger partial charge in [-0.15, -0.1) is 11.8 Å². The zero-order valence-electron chi connectivity index (χ0n) is 21.8. The topological polar surface area (TPSA) is 71.9 Å². The van der Waals surface area contributed by atoms with E-state index in [1.807, 2.05) is 12.1 Å². The van der Waals surface area contributed by atoms with Gasteiger partial charge in [-0.1, -0.05) is 11.6 Å². The monoisotopic (exact) mass is 560 g/mol. The van der Waals surface area contributed by atoms with Crippen molar-refractivity contribution in [3.8, 4) is 11.5 Å². The second kappa shape index (κ2) is 13.0. The molecule has 1 saturated heterocycles. The van der Waals surface area contributed by atoms with Gasteiger partial charge < -0.3 is 19.5 Å². The van der Waals surface area contributed by atoms with Crippen LogP contribution >= 0.6 is 23.4 Å². The van der Waals surface area contributed by atoms with Crippen LogP contribution in [-0.2, 0) is 4.79 Å². The first-order valence-electron chi connectivity index (χ1n) is 12.8. The van der Waals surface area contributed by atoms with E-state index in [1.165, 1.54) is 11.1 Å². The second-order valence-electron chi connectivity index (χ2n) is 9.85. The predicted octanol–water partition coefficient (Wildman–Crippen LogP) is 7.05. The summed E-state index contributed by atoms with van der Waals surface area (Å²) < 4.78 is 26.3. The van der Waals surface area contributed by atoms with E-state index in [1.54, 1.807) is 44.2 Å². The zero-order valence-corrected chi connectivity index (χ0v) is 23.4. The van der Waals surface area contributed by atoms with Crippen molar-refractivity contribution in [1.82, 2.24) is 9.88 Å². The molecule has 1 atom stereocenters. The number of likely N-dealkylation sites (tertiary alicyclic amines) is 1. The SMILES string of the molecule is COc1ccc(SCCN2CCC(CC[C@@H](F)c3c(Cl)cnc4ccc(OC)cc34)(CC(=O)O)CC2)cc1. The Morgan fingerprint density at radius 1 is 1.16 bits per heavy atom. The number of hydrogen-bond acceptors (Lipinski definition) is 6. The third-order valence-corrected chi connectivity index (χ3v) is 8.78. The lowest BCUT2D eigenvalue weighted by molar-refractivity contribution is -0.141. The number of fused-ring (bicyclic) bond motifs is 1. The highest BCUT2D eigenvalue weighted by molar-refractivity contribution is 7.99. The largest absolute Gasteiger partial charge is 0.497 e. The number of thioether (sulfide) groups is 1. The molecule has 1 aromatic heterocycles. The fourth-order valence-corrected chi connectivity index (χ4v) is 6.42. The minimum Gasteiger partial charge on any atom is -0.497 e. The van der Waals surface area contributed by atoms with Crippen LogP contribution in [0.25, 0.3) is 10.9 Å². The molecule has 2 heterocycles. The van der Waals surface area contributed by atoms with Gasteiger partial charge in [0.25, 0.3) is 0 Å². The Hall–Kier alpha value is -2.55. The fourth-order valence-electron chi connectivity index (χ4n) is 5.24. The number of methoxy groups -OCH3 is 2. The first kappa shape index (κ1) is 28.5. The van der Waals surface area contributed by atoms with Crippen molar-refractivity contribution in [3.63, 3.8) is 0 Å². The number of aliphatic carboxylic acids is 1.